The van der Waals surface area contributed by atoms with Crippen LogP contribution in [0.15, 0.2) is 0 Å². The third-order valence-electron chi connectivity index (χ3n) is 2.61. The van der Waals surface area contributed by atoms with E-state index in [2.05, 4.69) is 0 Å². The number of carbonyl (C=O) groups excluding carboxylic acids is 1. The molecule has 112 valence electrons. The van der Waals surface area contributed by atoms with Crippen LogP contribution < -0.4 is 5.73 Å². The van der Waals surface area contributed by atoms with E-state index in [-0.39, 0.29) is 11.0 Å². The molecule has 0 aliphatic carbocycles. The maximum atomic E-state index is 12.2. The summed E-state index contributed by atoms with van der Waals surface area (Å²) in [6, 6.07) is -0.830. The molecule has 0 aromatic carbocycles. The molecule has 0 bridgehead atoms. The molecule has 0 fully saturated rings. The molecule has 0 spiro atoms. The Morgan fingerprint density at radius 3 is 2.26 bits per heavy atom. The zero-order chi connectivity index (χ0) is 15.3. The van der Waals surface area contributed by atoms with Gasteiger partial charge in [0, 0.05) is 0 Å². The smallest absolute Gasteiger partial charge is 0.306 e. The lowest BCUT2D eigenvalue weighted by atomic mass is 9.88. The summed E-state index contributed by atoms with van der Waals surface area (Å²) in [4.78, 5) is 23.1. The first-order valence-electron chi connectivity index (χ1n) is 6.05. The number of likely N-dealkylation sites (N-methyl/N-ethyl adjacent to an activating group) is 1. The second-order valence-electron chi connectivity index (χ2n) is 5.80. The van der Waals surface area contributed by atoms with Crippen LogP contribution in [-0.4, -0.2) is 77.8 Å². The Hall–Kier alpha value is -0.630. The number of nitrogens with zero attached hydrogens (tertiary/aromatic N) is 1. The van der Waals surface area contributed by atoms with Crippen molar-refractivity contribution in [2.24, 2.45) is 5.73 Å². The molecular weight excluding hydrogens is 268 g/mol. The minimum atomic E-state index is -1.91. The number of nitrogens with two attached hydrogens (primary N) is 1. The van der Waals surface area contributed by atoms with Crippen LogP contribution in [-0.2, 0) is 9.59 Å². The summed E-state index contributed by atoms with van der Waals surface area (Å²) >= 11 is 1.55. The Kier molecular flexibility index (Phi) is 6.99. The van der Waals surface area contributed by atoms with E-state index < -0.39 is 29.8 Å². The summed E-state index contributed by atoms with van der Waals surface area (Å²) in [5.41, 5.74) is 3.85. The minimum absolute atomic E-state index is 0.0189. The number of Topliss-reactive ketones (excluding diaryl/α,β-unsaturated/α-hetero) is 1. The van der Waals surface area contributed by atoms with E-state index in [0.717, 1.165) is 0 Å². The minimum Gasteiger partial charge on any atom is -0.481 e. The quantitative estimate of drug-likeness (QED) is 0.498. The monoisotopic (exact) mass is 293 g/mol. The Balaban J connectivity index is 5.01. The van der Waals surface area contributed by atoms with Gasteiger partial charge in [-0.15, -0.1) is 0 Å². The van der Waals surface area contributed by atoms with E-state index in [4.69, 9.17) is 10.8 Å². The predicted molar refractivity (Wildman–Crippen MR) is 76.1 cm³/mol. The lowest BCUT2D eigenvalue weighted by molar-refractivity contribution is -0.875. The van der Waals surface area contributed by atoms with Crippen LogP contribution in [0.3, 0.4) is 0 Å². The molecule has 0 amide bonds. The van der Waals surface area contributed by atoms with E-state index >= 15 is 0 Å². The first-order valence-corrected chi connectivity index (χ1v) is 7.45. The van der Waals surface area contributed by atoms with Gasteiger partial charge in [-0.2, -0.15) is 11.8 Å². The molecular formula is C12H25N2O4S+. The normalized spacial score (nSPS) is 16.7. The van der Waals surface area contributed by atoms with Crippen molar-refractivity contribution in [3.8, 4) is 0 Å². The molecule has 19 heavy (non-hydrogen) atoms. The maximum absolute atomic E-state index is 12.2. The highest BCUT2D eigenvalue weighted by molar-refractivity contribution is 7.98. The van der Waals surface area contributed by atoms with Crippen molar-refractivity contribution < 1.29 is 24.3 Å². The highest BCUT2D eigenvalue weighted by Crippen LogP contribution is 2.19. The maximum Gasteiger partial charge on any atom is 0.306 e. The molecule has 0 aromatic rings. The molecule has 0 rings (SSSR count). The largest absolute Gasteiger partial charge is 0.481 e. The van der Waals surface area contributed by atoms with Gasteiger partial charge < -0.3 is 20.4 Å². The van der Waals surface area contributed by atoms with E-state index in [1.165, 1.54) is 0 Å². The standard InChI is InChI=1S/C12H24N2O4S/c1-14(2,3)8-12(18,7-10(15)16)11(17)9(13)5-6-19-4/h9,18H,5-8,13H2,1-4H3/p+1/t9-,12+/m0/s1. The van der Waals surface area contributed by atoms with Crippen molar-refractivity contribution in [1.29, 1.82) is 0 Å². The third-order valence-corrected chi connectivity index (χ3v) is 3.25. The van der Waals surface area contributed by atoms with Crippen molar-refractivity contribution in [2.75, 3.05) is 39.7 Å². The summed E-state index contributed by atoms with van der Waals surface area (Å²) in [6.45, 7) is 0.0189. The van der Waals surface area contributed by atoms with Gasteiger partial charge in [0.15, 0.2) is 11.4 Å². The zero-order valence-electron chi connectivity index (χ0n) is 12.0. The van der Waals surface area contributed by atoms with Crippen LogP contribution in [0.5, 0.6) is 0 Å². The molecule has 0 unspecified atom stereocenters. The molecule has 0 saturated heterocycles. The summed E-state index contributed by atoms with van der Waals surface area (Å²) in [5.74, 6) is -1.10. The first kappa shape index (κ1) is 18.4. The number of ketones is 1. The summed E-state index contributed by atoms with van der Waals surface area (Å²) in [5, 5.41) is 19.3. The van der Waals surface area contributed by atoms with Gasteiger partial charge in [-0.3, -0.25) is 9.59 Å². The van der Waals surface area contributed by atoms with E-state index in [1.807, 2.05) is 6.26 Å². The number of quaternary nitrogens is 1. The third kappa shape index (κ3) is 6.91. The average Bonchev–Trinajstić information content (AvgIpc) is 2.20. The van der Waals surface area contributed by atoms with Crippen molar-refractivity contribution >= 4 is 23.5 Å². The Morgan fingerprint density at radius 2 is 1.89 bits per heavy atom. The van der Waals surface area contributed by atoms with Crippen LogP contribution in [0.1, 0.15) is 12.8 Å². The average molecular weight is 293 g/mol. The van der Waals surface area contributed by atoms with E-state index in [9.17, 15) is 14.7 Å². The van der Waals surface area contributed by atoms with Gasteiger partial charge in [0.1, 0.15) is 6.54 Å². The number of hydrogen-bond acceptors (Lipinski definition) is 5. The van der Waals surface area contributed by atoms with Crippen molar-refractivity contribution in [2.45, 2.75) is 24.5 Å². The number of rotatable bonds is 9. The Labute approximate surface area is 118 Å². The van der Waals surface area contributed by atoms with Crippen LogP contribution in [0.4, 0.5) is 0 Å². The zero-order valence-corrected chi connectivity index (χ0v) is 12.9. The van der Waals surface area contributed by atoms with Gasteiger partial charge in [0.2, 0.25) is 0 Å². The Bertz CT molecular complexity index is 330. The molecule has 2 atom stereocenters. The van der Waals surface area contributed by atoms with Crippen LogP contribution >= 0.6 is 11.8 Å². The molecule has 7 heteroatoms. The van der Waals surface area contributed by atoms with Gasteiger partial charge in [0.05, 0.1) is 33.6 Å². The SMILES string of the molecule is CSCC[C@H](N)C(=O)[C@@](O)(CC(=O)O)C[N+](C)(C)C. The number of carboxylic acid groups (broad SMARTS) is 1. The summed E-state index contributed by atoms with van der Waals surface area (Å²) < 4.78 is 0.283. The van der Waals surface area contributed by atoms with Crippen LogP contribution in [0.2, 0.25) is 0 Å². The second-order valence-corrected chi connectivity index (χ2v) is 6.79. The molecule has 6 nitrogen and oxygen atoms in total. The van der Waals surface area contributed by atoms with E-state index in [0.29, 0.717) is 12.2 Å². The summed E-state index contributed by atoms with van der Waals surface area (Å²) in [6.07, 6.45) is 1.71. The van der Waals surface area contributed by atoms with Crippen LogP contribution in [0.25, 0.3) is 0 Å². The fourth-order valence-electron chi connectivity index (χ4n) is 1.98. The number of aliphatic carboxylic acids is 1. The second kappa shape index (κ2) is 7.23. The van der Waals surface area contributed by atoms with Gasteiger partial charge in [0.25, 0.3) is 0 Å². The Morgan fingerprint density at radius 1 is 1.37 bits per heavy atom. The molecule has 0 aromatic heterocycles. The van der Waals surface area contributed by atoms with Crippen molar-refractivity contribution in [1.82, 2.24) is 0 Å². The molecule has 0 aliphatic rings. The lowest BCUT2D eigenvalue weighted by Gasteiger charge is -2.34. The predicted octanol–water partition coefficient (Wildman–Crippen LogP) is -0.452. The van der Waals surface area contributed by atoms with Gasteiger partial charge in [-0.1, -0.05) is 0 Å². The number of aliphatic hydroxyl groups is 1. The summed E-state index contributed by atoms with van der Waals surface area (Å²) in [7, 11) is 5.36. The molecule has 0 saturated carbocycles. The lowest BCUT2D eigenvalue weighted by Crippen LogP contribution is -2.59. The van der Waals surface area contributed by atoms with Gasteiger partial charge in [-0.25, -0.2) is 0 Å². The van der Waals surface area contributed by atoms with Crippen molar-refractivity contribution in [3.63, 3.8) is 0 Å². The fraction of sp³-hybridized carbons (Fsp3) is 0.833. The first-order chi connectivity index (χ1) is 8.52. The fourth-order valence-corrected chi connectivity index (χ4v) is 2.47. The number of hydrogen-bond donors (Lipinski definition) is 3. The van der Waals surface area contributed by atoms with Crippen LogP contribution in [0, 0.1) is 0 Å². The molecule has 4 N–H and O–H groups in total. The number of carbonyl (C=O) groups is 2. The highest BCUT2D eigenvalue weighted by Gasteiger charge is 2.45. The highest BCUT2D eigenvalue weighted by atomic mass is 32.2. The van der Waals surface area contributed by atoms with Gasteiger partial charge in [-0.05, 0) is 18.4 Å². The molecule has 0 radical (unpaired) electrons. The van der Waals surface area contributed by atoms with Gasteiger partial charge >= 0.3 is 5.97 Å². The topological polar surface area (TPSA) is 101 Å². The number of thioether (sulfide) groups is 1. The van der Waals surface area contributed by atoms with E-state index in [1.54, 1.807) is 32.9 Å². The molecule has 0 aliphatic heterocycles. The molecule has 0 heterocycles. The van der Waals surface area contributed by atoms with Crippen molar-refractivity contribution in [3.05, 3.63) is 0 Å². The number of carboxylic acids is 1.